The van der Waals surface area contributed by atoms with Gasteiger partial charge in [-0.05, 0) is 26.4 Å². The molecule has 0 spiro atoms. The fourth-order valence-electron chi connectivity index (χ4n) is 1.000. The fraction of sp³-hybridized carbons (Fsp3) is 0.857. The van der Waals surface area contributed by atoms with Crippen LogP contribution in [0.5, 0.6) is 0 Å². The van der Waals surface area contributed by atoms with Crippen molar-refractivity contribution in [1.29, 1.82) is 0 Å². The van der Waals surface area contributed by atoms with Crippen LogP contribution in [-0.2, 0) is 0 Å². The Morgan fingerprint density at radius 1 is 1.25 bits per heavy atom. The SMILES string of the molecule is CN1[C]CCCCC1. The van der Waals surface area contributed by atoms with Gasteiger partial charge in [0.2, 0.25) is 0 Å². The van der Waals surface area contributed by atoms with Crippen LogP contribution in [0.25, 0.3) is 0 Å². The smallest absolute Gasteiger partial charge is 0.0612 e. The first-order valence-corrected chi connectivity index (χ1v) is 3.34. The Kier molecular flexibility index (Phi) is 2.34. The number of likely N-dealkylation sites (tertiary alicyclic amines) is 1. The Morgan fingerprint density at radius 3 is 3.00 bits per heavy atom. The van der Waals surface area contributed by atoms with E-state index in [1.165, 1.54) is 25.8 Å². The van der Waals surface area contributed by atoms with E-state index in [-0.39, 0.29) is 0 Å². The Balaban J connectivity index is 2.17. The van der Waals surface area contributed by atoms with Crippen molar-refractivity contribution in [3.05, 3.63) is 6.54 Å². The molecule has 1 saturated heterocycles. The summed E-state index contributed by atoms with van der Waals surface area (Å²) in [6.07, 6.45) is 5.24. The van der Waals surface area contributed by atoms with Gasteiger partial charge in [0.1, 0.15) is 0 Å². The predicted molar refractivity (Wildman–Crippen MR) is 34.3 cm³/mol. The van der Waals surface area contributed by atoms with Gasteiger partial charge in [0.25, 0.3) is 0 Å². The monoisotopic (exact) mass is 111 g/mol. The molecule has 0 unspecified atom stereocenters. The first kappa shape index (κ1) is 6.09. The molecule has 1 fully saturated rings. The first-order valence-electron chi connectivity index (χ1n) is 3.34. The maximum atomic E-state index is 3.28. The lowest BCUT2D eigenvalue weighted by molar-refractivity contribution is 0.409. The van der Waals surface area contributed by atoms with Gasteiger partial charge in [-0.2, -0.15) is 0 Å². The highest BCUT2D eigenvalue weighted by atomic mass is 15.1. The van der Waals surface area contributed by atoms with Gasteiger partial charge in [0.05, 0.1) is 6.54 Å². The van der Waals surface area contributed by atoms with Crippen molar-refractivity contribution in [2.75, 3.05) is 13.6 Å². The van der Waals surface area contributed by atoms with Gasteiger partial charge >= 0.3 is 0 Å². The van der Waals surface area contributed by atoms with Gasteiger partial charge in [-0.15, -0.1) is 0 Å². The Hall–Kier alpha value is -0.0400. The zero-order valence-electron chi connectivity index (χ0n) is 5.48. The molecule has 0 saturated carbocycles. The molecule has 0 atom stereocenters. The molecule has 8 heavy (non-hydrogen) atoms. The normalized spacial score (nSPS) is 25.1. The van der Waals surface area contributed by atoms with Crippen molar-refractivity contribution < 1.29 is 0 Å². The van der Waals surface area contributed by atoms with Crippen molar-refractivity contribution in [2.45, 2.75) is 25.7 Å². The molecule has 0 aromatic heterocycles. The molecule has 1 aliphatic rings. The number of hydrogen-bond acceptors (Lipinski definition) is 1. The third kappa shape index (κ3) is 1.83. The summed E-state index contributed by atoms with van der Waals surface area (Å²) in [6, 6.07) is 0. The highest BCUT2D eigenvalue weighted by Crippen LogP contribution is 2.09. The lowest BCUT2D eigenvalue weighted by Gasteiger charge is -2.08. The highest BCUT2D eigenvalue weighted by Gasteiger charge is 2.02. The molecular weight excluding hydrogens is 98.1 g/mol. The van der Waals surface area contributed by atoms with E-state index in [9.17, 15) is 0 Å². The van der Waals surface area contributed by atoms with Crippen LogP contribution < -0.4 is 0 Å². The second kappa shape index (κ2) is 3.08. The minimum atomic E-state index is 1.16. The Morgan fingerprint density at radius 2 is 2.12 bits per heavy atom. The molecule has 1 heteroatoms. The zero-order chi connectivity index (χ0) is 5.82. The van der Waals surface area contributed by atoms with Crippen molar-refractivity contribution in [2.24, 2.45) is 0 Å². The van der Waals surface area contributed by atoms with Gasteiger partial charge in [-0.1, -0.05) is 12.8 Å². The van der Waals surface area contributed by atoms with Crippen molar-refractivity contribution in [3.63, 3.8) is 0 Å². The van der Waals surface area contributed by atoms with E-state index in [1.807, 2.05) is 0 Å². The fourth-order valence-corrected chi connectivity index (χ4v) is 1.000. The molecule has 0 aromatic carbocycles. The van der Waals surface area contributed by atoms with Crippen molar-refractivity contribution >= 4 is 0 Å². The Labute approximate surface area is 51.7 Å². The van der Waals surface area contributed by atoms with Gasteiger partial charge in [0, 0.05) is 0 Å². The minimum absolute atomic E-state index is 1.16. The largest absolute Gasteiger partial charge is 0.297 e. The van der Waals surface area contributed by atoms with Gasteiger partial charge in [-0.25, -0.2) is 0 Å². The number of nitrogens with zero attached hydrogens (tertiary/aromatic N) is 1. The van der Waals surface area contributed by atoms with E-state index in [0.29, 0.717) is 0 Å². The van der Waals surface area contributed by atoms with Crippen LogP contribution >= 0.6 is 0 Å². The standard InChI is InChI=1S/C7H13N/c1-8-6-4-2-3-5-7-8/h2-6H2,1H3. The van der Waals surface area contributed by atoms with E-state index in [4.69, 9.17) is 0 Å². The molecule has 0 aliphatic carbocycles. The lowest BCUT2D eigenvalue weighted by atomic mass is 10.2. The zero-order valence-corrected chi connectivity index (χ0v) is 5.48. The highest BCUT2D eigenvalue weighted by molar-refractivity contribution is 4.68. The first-order chi connectivity index (χ1) is 3.89. The topological polar surface area (TPSA) is 3.24 Å². The predicted octanol–water partition coefficient (Wildman–Crippen LogP) is 1.53. The maximum absolute atomic E-state index is 3.28. The molecular formula is C7H13N. The molecule has 0 amide bonds. The van der Waals surface area contributed by atoms with Gasteiger partial charge in [-0.3, -0.25) is 4.90 Å². The van der Waals surface area contributed by atoms with Crippen molar-refractivity contribution in [3.8, 4) is 0 Å². The molecule has 1 aliphatic heterocycles. The summed E-state index contributed by atoms with van der Waals surface area (Å²) in [4.78, 5) is 2.17. The molecule has 0 N–H and O–H groups in total. The molecule has 0 bridgehead atoms. The molecule has 1 rings (SSSR count). The summed E-state index contributed by atoms with van der Waals surface area (Å²) in [5.41, 5.74) is 0. The molecule has 46 valence electrons. The average Bonchev–Trinajstić information content (AvgIpc) is 1.94. The quantitative estimate of drug-likeness (QED) is 0.458. The summed E-state index contributed by atoms with van der Waals surface area (Å²) in [5.74, 6) is 0. The third-order valence-electron chi connectivity index (χ3n) is 1.55. The van der Waals surface area contributed by atoms with E-state index in [0.717, 1.165) is 6.42 Å². The van der Waals surface area contributed by atoms with E-state index >= 15 is 0 Å². The van der Waals surface area contributed by atoms with E-state index in [1.54, 1.807) is 0 Å². The summed E-state index contributed by atoms with van der Waals surface area (Å²) in [6.45, 7) is 4.49. The minimum Gasteiger partial charge on any atom is -0.297 e. The third-order valence-corrected chi connectivity index (χ3v) is 1.55. The Bertz CT molecular complexity index is 53.4. The van der Waals surface area contributed by atoms with E-state index in [2.05, 4.69) is 18.5 Å². The number of hydrogen-bond donors (Lipinski definition) is 0. The summed E-state index contributed by atoms with van der Waals surface area (Å²) < 4.78 is 0. The second-order valence-corrected chi connectivity index (χ2v) is 2.39. The van der Waals surface area contributed by atoms with Crippen LogP contribution in [0.3, 0.4) is 0 Å². The van der Waals surface area contributed by atoms with Crippen molar-refractivity contribution in [1.82, 2.24) is 4.90 Å². The van der Waals surface area contributed by atoms with Crippen LogP contribution in [0.15, 0.2) is 0 Å². The summed E-state index contributed by atoms with van der Waals surface area (Å²) >= 11 is 0. The second-order valence-electron chi connectivity index (χ2n) is 2.39. The lowest BCUT2D eigenvalue weighted by Crippen LogP contribution is -2.13. The molecule has 0 aromatic rings. The molecule has 1 heterocycles. The van der Waals surface area contributed by atoms with Crippen LogP contribution in [0, 0.1) is 6.54 Å². The summed E-state index contributed by atoms with van der Waals surface area (Å²) in [5, 5.41) is 0. The molecule has 1 nitrogen and oxygen atoms in total. The van der Waals surface area contributed by atoms with E-state index < -0.39 is 0 Å². The van der Waals surface area contributed by atoms with Gasteiger partial charge in [0.15, 0.2) is 0 Å². The van der Waals surface area contributed by atoms with Gasteiger partial charge < -0.3 is 0 Å². The molecule has 2 radical (unpaired) electrons. The summed E-state index contributed by atoms with van der Waals surface area (Å²) in [7, 11) is 2.10. The average molecular weight is 111 g/mol. The van der Waals surface area contributed by atoms with Crippen LogP contribution in [0.4, 0.5) is 0 Å². The van der Waals surface area contributed by atoms with Crippen LogP contribution in [-0.4, -0.2) is 18.5 Å². The number of rotatable bonds is 0. The maximum Gasteiger partial charge on any atom is 0.0612 e. The van der Waals surface area contributed by atoms with Crippen LogP contribution in [0.1, 0.15) is 25.7 Å². The van der Waals surface area contributed by atoms with Crippen LogP contribution in [0.2, 0.25) is 0 Å².